The number of carbonyl (C=O) groups is 2. The SMILES string of the molecule is CCCS(=O)(=O)N1CCC2(CC(=O)N(c3ccccn3)C2)C1.O=C(O)C(F)(F)F. The van der Waals surface area contributed by atoms with Crippen molar-refractivity contribution in [2.45, 2.75) is 32.4 Å². The first-order chi connectivity index (χ1) is 13.4. The van der Waals surface area contributed by atoms with Crippen LogP contribution in [0.25, 0.3) is 0 Å². The second-order valence-electron chi connectivity index (χ2n) is 7.05. The highest BCUT2D eigenvalue weighted by atomic mass is 32.2. The van der Waals surface area contributed by atoms with E-state index in [1.807, 2.05) is 25.1 Å². The molecule has 1 amide bonds. The van der Waals surface area contributed by atoms with Gasteiger partial charge in [0, 0.05) is 37.7 Å². The smallest absolute Gasteiger partial charge is 0.475 e. The maximum Gasteiger partial charge on any atom is 0.490 e. The van der Waals surface area contributed by atoms with Crippen molar-refractivity contribution in [3.05, 3.63) is 24.4 Å². The maximum atomic E-state index is 12.3. The van der Waals surface area contributed by atoms with Crippen LogP contribution >= 0.6 is 0 Å². The second-order valence-corrected chi connectivity index (χ2v) is 9.14. The van der Waals surface area contributed by atoms with E-state index in [2.05, 4.69) is 4.98 Å². The lowest BCUT2D eigenvalue weighted by Gasteiger charge is -2.23. The highest BCUT2D eigenvalue weighted by molar-refractivity contribution is 7.89. The van der Waals surface area contributed by atoms with Crippen molar-refractivity contribution in [2.24, 2.45) is 5.41 Å². The molecule has 0 saturated carbocycles. The number of hydrogen-bond acceptors (Lipinski definition) is 5. The molecule has 1 spiro atoms. The summed E-state index contributed by atoms with van der Waals surface area (Å²) in [6.07, 6.45) is -1.65. The molecule has 0 aliphatic carbocycles. The lowest BCUT2D eigenvalue weighted by Crippen LogP contribution is -2.35. The van der Waals surface area contributed by atoms with Gasteiger partial charge in [-0.15, -0.1) is 0 Å². The Morgan fingerprint density at radius 1 is 1.31 bits per heavy atom. The zero-order valence-electron chi connectivity index (χ0n) is 15.7. The molecule has 0 radical (unpaired) electrons. The summed E-state index contributed by atoms with van der Waals surface area (Å²) < 4.78 is 57.7. The number of carbonyl (C=O) groups excluding carboxylic acids is 1. The number of anilines is 1. The van der Waals surface area contributed by atoms with Gasteiger partial charge in [-0.25, -0.2) is 22.5 Å². The summed E-state index contributed by atoms with van der Waals surface area (Å²) in [7, 11) is -3.19. The molecule has 2 aliphatic heterocycles. The van der Waals surface area contributed by atoms with Gasteiger partial charge in [0.2, 0.25) is 15.9 Å². The Morgan fingerprint density at radius 2 is 1.97 bits per heavy atom. The van der Waals surface area contributed by atoms with E-state index in [9.17, 15) is 26.4 Å². The summed E-state index contributed by atoms with van der Waals surface area (Å²) in [5.74, 6) is -1.89. The van der Waals surface area contributed by atoms with E-state index in [1.165, 1.54) is 0 Å². The molecular formula is C17H22F3N3O5S. The van der Waals surface area contributed by atoms with Crippen molar-refractivity contribution in [1.82, 2.24) is 9.29 Å². The molecular weight excluding hydrogens is 415 g/mol. The fraction of sp³-hybridized carbons (Fsp3) is 0.588. The quantitative estimate of drug-likeness (QED) is 0.771. The average Bonchev–Trinajstić information content (AvgIpc) is 3.19. The van der Waals surface area contributed by atoms with Crippen LogP contribution in [-0.2, 0) is 19.6 Å². The van der Waals surface area contributed by atoms with E-state index in [0.717, 1.165) is 6.42 Å². The van der Waals surface area contributed by atoms with Gasteiger partial charge in [0.15, 0.2) is 0 Å². The Labute approximate surface area is 166 Å². The molecule has 29 heavy (non-hydrogen) atoms. The Balaban J connectivity index is 0.000000370. The van der Waals surface area contributed by atoms with Crippen LogP contribution in [0.1, 0.15) is 26.2 Å². The first kappa shape index (κ1) is 23.1. The van der Waals surface area contributed by atoms with Gasteiger partial charge < -0.3 is 5.11 Å². The summed E-state index contributed by atoms with van der Waals surface area (Å²) in [6, 6.07) is 5.49. The number of aromatic nitrogens is 1. The summed E-state index contributed by atoms with van der Waals surface area (Å²) in [5, 5.41) is 7.12. The third-order valence-corrected chi connectivity index (χ3v) is 6.77. The number of carboxylic acids is 1. The number of sulfonamides is 1. The minimum atomic E-state index is -5.08. The van der Waals surface area contributed by atoms with Gasteiger partial charge in [-0.2, -0.15) is 13.2 Å². The third kappa shape index (κ3) is 5.66. The number of aliphatic carboxylic acids is 1. The summed E-state index contributed by atoms with van der Waals surface area (Å²) >= 11 is 0. The molecule has 2 saturated heterocycles. The van der Waals surface area contributed by atoms with Crippen LogP contribution in [0.3, 0.4) is 0 Å². The van der Waals surface area contributed by atoms with Gasteiger partial charge in [-0.3, -0.25) is 9.69 Å². The molecule has 12 heteroatoms. The molecule has 3 heterocycles. The van der Waals surface area contributed by atoms with E-state index >= 15 is 0 Å². The number of carboxylic acid groups (broad SMARTS) is 1. The van der Waals surface area contributed by atoms with Crippen LogP contribution in [0, 0.1) is 5.41 Å². The fourth-order valence-electron chi connectivity index (χ4n) is 3.41. The summed E-state index contributed by atoms with van der Waals surface area (Å²) in [4.78, 5) is 27.2. The van der Waals surface area contributed by atoms with Crippen molar-refractivity contribution in [2.75, 3.05) is 30.3 Å². The fourth-order valence-corrected chi connectivity index (χ4v) is 5.02. The van der Waals surface area contributed by atoms with E-state index in [4.69, 9.17) is 9.90 Å². The van der Waals surface area contributed by atoms with Crippen LogP contribution in [0.2, 0.25) is 0 Å². The van der Waals surface area contributed by atoms with Crippen LogP contribution in [0.4, 0.5) is 19.0 Å². The van der Waals surface area contributed by atoms with Crippen molar-refractivity contribution in [1.29, 1.82) is 0 Å². The Kier molecular flexibility index (Phi) is 6.89. The molecule has 162 valence electrons. The predicted molar refractivity (Wildman–Crippen MR) is 97.6 cm³/mol. The molecule has 1 aromatic rings. The molecule has 8 nitrogen and oxygen atoms in total. The highest BCUT2D eigenvalue weighted by Crippen LogP contribution is 2.42. The van der Waals surface area contributed by atoms with Gasteiger partial charge in [0.25, 0.3) is 0 Å². The zero-order chi connectivity index (χ0) is 21.9. The topological polar surface area (TPSA) is 108 Å². The first-order valence-electron chi connectivity index (χ1n) is 8.89. The van der Waals surface area contributed by atoms with Gasteiger partial charge >= 0.3 is 12.1 Å². The highest BCUT2D eigenvalue weighted by Gasteiger charge is 2.50. The maximum absolute atomic E-state index is 12.3. The van der Waals surface area contributed by atoms with Crippen LogP contribution < -0.4 is 4.90 Å². The molecule has 1 N–H and O–H groups in total. The normalized spacial score (nSPS) is 22.6. The lowest BCUT2D eigenvalue weighted by molar-refractivity contribution is -0.192. The number of alkyl halides is 3. The van der Waals surface area contributed by atoms with Gasteiger partial charge in [-0.05, 0) is 25.0 Å². The van der Waals surface area contributed by atoms with Crippen LogP contribution in [0.5, 0.6) is 0 Å². The van der Waals surface area contributed by atoms with Crippen LogP contribution in [0.15, 0.2) is 24.4 Å². The van der Waals surface area contributed by atoms with E-state index in [-0.39, 0.29) is 17.1 Å². The molecule has 2 aliphatic rings. The minimum absolute atomic E-state index is 0.0356. The van der Waals surface area contributed by atoms with E-state index in [0.29, 0.717) is 38.3 Å². The summed E-state index contributed by atoms with van der Waals surface area (Å²) in [6.45, 7) is 3.39. The van der Waals surface area contributed by atoms with Crippen molar-refractivity contribution in [3.8, 4) is 0 Å². The standard InChI is InChI=1S/C15H21N3O3S.C2HF3O2/c1-2-9-22(20,21)17-8-6-15(11-17)10-14(19)18(12-15)13-5-3-4-7-16-13;3-2(4,5)1(6)7/h3-5,7H,2,6,8-12H2,1H3;(H,6,7). The Morgan fingerprint density at radius 3 is 2.48 bits per heavy atom. The molecule has 1 unspecified atom stereocenters. The third-order valence-electron chi connectivity index (χ3n) is 4.75. The number of rotatable bonds is 4. The minimum Gasteiger partial charge on any atom is -0.475 e. The van der Waals surface area contributed by atoms with Gasteiger partial charge in [0.1, 0.15) is 5.82 Å². The Bertz CT molecular complexity index is 848. The van der Waals surface area contributed by atoms with Crippen molar-refractivity contribution in [3.63, 3.8) is 0 Å². The molecule has 1 aromatic heterocycles. The number of amides is 1. The van der Waals surface area contributed by atoms with Crippen molar-refractivity contribution < 1.29 is 36.3 Å². The zero-order valence-corrected chi connectivity index (χ0v) is 16.5. The average molecular weight is 437 g/mol. The van der Waals surface area contributed by atoms with Gasteiger partial charge in [0.05, 0.1) is 5.75 Å². The number of pyridine rings is 1. The molecule has 3 rings (SSSR count). The largest absolute Gasteiger partial charge is 0.490 e. The summed E-state index contributed by atoms with van der Waals surface area (Å²) in [5.41, 5.74) is -0.255. The number of nitrogens with zero attached hydrogens (tertiary/aromatic N) is 3. The lowest BCUT2D eigenvalue weighted by atomic mass is 9.86. The van der Waals surface area contributed by atoms with E-state index in [1.54, 1.807) is 15.4 Å². The number of halogens is 3. The predicted octanol–water partition coefficient (Wildman–Crippen LogP) is 1.88. The number of hydrogen-bond donors (Lipinski definition) is 1. The van der Waals surface area contributed by atoms with Gasteiger partial charge in [-0.1, -0.05) is 13.0 Å². The van der Waals surface area contributed by atoms with E-state index < -0.39 is 22.2 Å². The van der Waals surface area contributed by atoms with Crippen LogP contribution in [-0.4, -0.2) is 66.3 Å². The Hall–Kier alpha value is -2.21. The molecule has 0 aromatic carbocycles. The first-order valence-corrected chi connectivity index (χ1v) is 10.5. The van der Waals surface area contributed by atoms with Crippen molar-refractivity contribution >= 4 is 27.7 Å². The molecule has 0 bridgehead atoms. The molecule has 1 atom stereocenters. The molecule has 2 fully saturated rings. The monoisotopic (exact) mass is 437 g/mol. The second kappa shape index (κ2) is 8.66.